The van der Waals surface area contributed by atoms with E-state index < -0.39 is 0 Å². The number of hydrogen-bond acceptors (Lipinski definition) is 0. The average molecular weight is 309 g/mol. The second kappa shape index (κ2) is 12.4. The Bertz CT molecular complexity index is 214. The predicted octanol–water partition coefficient (Wildman–Crippen LogP) is 8.01. The summed E-state index contributed by atoms with van der Waals surface area (Å²) in [6, 6.07) is 0. The minimum atomic E-state index is 0.897. The molecule has 0 aromatic heterocycles. The molecule has 0 heteroatoms. The molecule has 0 saturated heterocycles. The van der Waals surface area contributed by atoms with E-state index in [1.807, 2.05) is 0 Å². The van der Waals surface area contributed by atoms with Gasteiger partial charge in [-0.1, -0.05) is 118 Å². The van der Waals surface area contributed by atoms with Crippen LogP contribution in [-0.2, 0) is 0 Å². The second-order valence-corrected chi connectivity index (χ2v) is 8.87. The first kappa shape index (κ1) is 20.0. The number of unbranched alkanes of at least 4 members (excludes halogenated alkanes) is 4. The highest BCUT2D eigenvalue weighted by molar-refractivity contribution is 4.75. The van der Waals surface area contributed by atoms with Gasteiger partial charge in [0, 0.05) is 0 Å². The van der Waals surface area contributed by atoms with Gasteiger partial charge in [0.2, 0.25) is 0 Å². The van der Waals surface area contributed by atoms with Gasteiger partial charge in [-0.2, -0.15) is 0 Å². The van der Waals surface area contributed by atoms with Crippen molar-refractivity contribution in [2.24, 2.45) is 23.7 Å². The van der Waals surface area contributed by atoms with Crippen molar-refractivity contribution in [1.29, 1.82) is 0 Å². The van der Waals surface area contributed by atoms with Gasteiger partial charge in [-0.3, -0.25) is 0 Å². The van der Waals surface area contributed by atoms with E-state index in [2.05, 4.69) is 27.7 Å². The van der Waals surface area contributed by atoms with E-state index in [9.17, 15) is 0 Å². The molecule has 0 aromatic rings. The summed E-state index contributed by atoms with van der Waals surface area (Å²) < 4.78 is 0. The monoisotopic (exact) mass is 308 g/mol. The zero-order valence-electron chi connectivity index (χ0n) is 16.2. The summed E-state index contributed by atoms with van der Waals surface area (Å²) in [6.45, 7) is 9.43. The summed E-state index contributed by atoms with van der Waals surface area (Å²) in [7, 11) is 0. The summed E-state index contributed by atoms with van der Waals surface area (Å²) in [6.07, 6.45) is 20.9. The zero-order chi connectivity index (χ0) is 16.2. The molecule has 2 atom stereocenters. The minimum Gasteiger partial charge on any atom is -0.0628 e. The van der Waals surface area contributed by atoms with Crippen LogP contribution in [0.3, 0.4) is 0 Å². The molecule has 132 valence electrons. The van der Waals surface area contributed by atoms with Crippen LogP contribution >= 0.6 is 0 Å². The number of rotatable bonds is 12. The molecule has 0 heterocycles. The van der Waals surface area contributed by atoms with Crippen molar-refractivity contribution in [2.75, 3.05) is 0 Å². The lowest BCUT2D eigenvalue weighted by molar-refractivity contribution is 0.201. The minimum absolute atomic E-state index is 0.897. The van der Waals surface area contributed by atoms with Gasteiger partial charge in [0.25, 0.3) is 0 Å². The highest BCUT2D eigenvalue weighted by Crippen LogP contribution is 2.37. The van der Waals surface area contributed by atoms with E-state index in [4.69, 9.17) is 0 Å². The van der Waals surface area contributed by atoms with Gasteiger partial charge in [0.1, 0.15) is 0 Å². The van der Waals surface area contributed by atoms with Crippen molar-refractivity contribution in [3.63, 3.8) is 0 Å². The molecule has 22 heavy (non-hydrogen) atoms. The summed E-state index contributed by atoms with van der Waals surface area (Å²) in [5, 5.41) is 0. The van der Waals surface area contributed by atoms with Crippen LogP contribution in [0.4, 0.5) is 0 Å². The first-order valence-corrected chi connectivity index (χ1v) is 10.6. The highest BCUT2D eigenvalue weighted by atomic mass is 14.3. The molecule has 0 radical (unpaired) electrons. The molecule has 1 fully saturated rings. The van der Waals surface area contributed by atoms with E-state index in [1.54, 1.807) is 12.8 Å². The average Bonchev–Trinajstić information content (AvgIpc) is 2.47. The van der Waals surface area contributed by atoms with Crippen molar-refractivity contribution < 1.29 is 0 Å². The highest BCUT2D eigenvalue weighted by Gasteiger charge is 2.23. The molecule has 0 spiro atoms. The van der Waals surface area contributed by atoms with Gasteiger partial charge in [0.05, 0.1) is 0 Å². The van der Waals surface area contributed by atoms with Crippen molar-refractivity contribution in [3.8, 4) is 0 Å². The van der Waals surface area contributed by atoms with Crippen molar-refractivity contribution in [1.82, 2.24) is 0 Å². The molecule has 2 unspecified atom stereocenters. The molecular weight excluding hydrogens is 264 g/mol. The van der Waals surface area contributed by atoms with Crippen LogP contribution in [0.25, 0.3) is 0 Å². The Hall–Kier alpha value is 0. The largest absolute Gasteiger partial charge is 0.0628 e. The molecule has 0 bridgehead atoms. The quantitative estimate of drug-likeness (QED) is 0.320. The molecule has 0 amide bonds. The van der Waals surface area contributed by atoms with Crippen LogP contribution < -0.4 is 0 Å². The molecule has 0 aromatic carbocycles. The fourth-order valence-corrected chi connectivity index (χ4v) is 4.32. The lowest BCUT2D eigenvalue weighted by Gasteiger charge is -2.32. The molecule has 1 rings (SSSR count). The van der Waals surface area contributed by atoms with Crippen LogP contribution in [0.2, 0.25) is 0 Å². The fourth-order valence-electron chi connectivity index (χ4n) is 4.32. The van der Waals surface area contributed by atoms with E-state index in [1.165, 1.54) is 77.0 Å². The molecule has 0 aliphatic heterocycles. The first-order valence-electron chi connectivity index (χ1n) is 10.6. The normalized spacial score (nSPS) is 22.6. The fraction of sp³-hybridized carbons (Fsp3) is 1.00. The third kappa shape index (κ3) is 9.90. The maximum absolute atomic E-state index is 2.36. The van der Waals surface area contributed by atoms with E-state index in [0.29, 0.717) is 0 Å². The standard InChI is InChI=1S/C22H44/c1-19(2)13-7-5-9-15-21-17-11-12-18-22(21)16-10-6-8-14-20(3)4/h19-22H,5-18H2,1-4H3. The maximum atomic E-state index is 2.36. The van der Waals surface area contributed by atoms with Crippen LogP contribution in [0.5, 0.6) is 0 Å². The summed E-state index contributed by atoms with van der Waals surface area (Å²) in [4.78, 5) is 0. The molecule has 1 aliphatic rings. The summed E-state index contributed by atoms with van der Waals surface area (Å²) in [5.41, 5.74) is 0. The maximum Gasteiger partial charge on any atom is -0.0386 e. The van der Waals surface area contributed by atoms with Crippen molar-refractivity contribution in [2.45, 2.75) is 118 Å². The molecule has 0 N–H and O–H groups in total. The van der Waals surface area contributed by atoms with Crippen molar-refractivity contribution in [3.05, 3.63) is 0 Å². The Labute approximate surface area is 141 Å². The Morgan fingerprint density at radius 3 is 1.36 bits per heavy atom. The van der Waals surface area contributed by atoms with Gasteiger partial charge in [-0.25, -0.2) is 0 Å². The Morgan fingerprint density at radius 2 is 1.00 bits per heavy atom. The van der Waals surface area contributed by atoms with Gasteiger partial charge in [0.15, 0.2) is 0 Å². The molecule has 1 saturated carbocycles. The Balaban J connectivity index is 2.11. The summed E-state index contributed by atoms with van der Waals surface area (Å²) in [5.74, 6) is 3.96. The number of hydrogen-bond donors (Lipinski definition) is 0. The van der Waals surface area contributed by atoms with Crippen LogP contribution in [-0.4, -0.2) is 0 Å². The zero-order valence-corrected chi connectivity index (χ0v) is 16.2. The second-order valence-electron chi connectivity index (χ2n) is 8.87. The third-order valence-corrected chi connectivity index (χ3v) is 5.78. The Kier molecular flexibility index (Phi) is 11.3. The lowest BCUT2D eigenvalue weighted by Crippen LogP contribution is -2.19. The van der Waals surface area contributed by atoms with Crippen LogP contribution in [0.15, 0.2) is 0 Å². The molecular formula is C22H44. The predicted molar refractivity (Wildman–Crippen MR) is 101 cm³/mol. The molecule has 1 aliphatic carbocycles. The van der Waals surface area contributed by atoms with E-state index in [-0.39, 0.29) is 0 Å². The van der Waals surface area contributed by atoms with Gasteiger partial charge in [-0.15, -0.1) is 0 Å². The molecule has 0 nitrogen and oxygen atoms in total. The topological polar surface area (TPSA) is 0 Å². The van der Waals surface area contributed by atoms with Gasteiger partial charge >= 0.3 is 0 Å². The van der Waals surface area contributed by atoms with Gasteiger partial charge in [-0.05, 0) is 23.7 Å². The first-order chi connectivity index (χ1) is 10.6. The van der Waals surface area contributed by atoms with Crippen LogP contribution in [0.1, 0.15) is 118 Å². The van der Waals surface area contributed by atoms with Crippen LogP contribution in [0, 0.1) is 23.7 Å². The SMILES string of the molecule is CC(C)CCCCCC1CCCCC1CCCCCC(C)C. The smallest absolute Gasteiger partial charge is 0.0386 e. The Morgan fingerprint density at radius 1 is 0.591 bits per heavy atom. The summed E-state index contributed by atoms with van der Waals surface area (Å²) >= 11 is 0. The van der Waals surface area contributed by atoms with E-state index in [0.717, 1.165) is 23.7 Å². The lowest BCUT2D eigenvalue weighted by atomic mass is 9.74. The van der Waals surface area contributed by atoms with Crippen molar-refractivity contribution >= 4 is 0 Å². The third-order valence-electron chi connectivity index (χ3n) is 5.78. The van der Waals surface area contributed by atoms with E-state index >= 15 is 0 Å². The van der Waals surface area contributed by atoms with Gasteiger partial charge < -0.3 is 0 Å².